The minimum Gasteiger partial charge on any atom is -0.383 e. The van der Waals surface area contributed by atoms with Crippen molar-refractivity contribution in [3.05, 3.63) is 59.7 Å². The first kappa shape index (κ1) is 24.4. The largest absolute Gasteiger partial charge is 0.383 e. The summed E-state index contributed by atoms with van der Waals surface area (Å²) < 4.78 is 55.8. The van der Waals surface area contributed by atoms with Gasteiger partial charge in [-0.1, -0.05) is 58.9 Å². The van der Waals surface area contributed by atoms with Crippen LogP contribution in [0.5, 0.6) is 5.75 Å². The summed E-state index contributed by atoms with van der Waals surface area (Å²) in [7, 11) is -7.39. The minimum atomic E-state index is -3.73. The highest BCUT2D eigenvalue weighted by Gasteiger charge is 2.26. The monoisotopic (exact) mass is 453 g/mol. The number of hydrogen-bond acceptors (Lipinski definition) is 5. The van der Waals surface area contributed by atoms with Crippen molar-refractivity contribution < 1.29 is 21.0 Å². The van der Waals surface area contributed by atoms with Crippen LogP contribution in [0, 0.1) is 5.92 Å². The molecule has 0 spiro atoms. The van der Waals surface area contributed by atoms with Crippen molar-refractivity contribution in [2.45, 2.75) is 51.5 Å². The van der Waals surface area contributed by atoms with Crippen LogP contribution >= 0.6 is 0 Å². The maximum absolute atomic E-state index is 13.3. The third kappa shape index (κ3) is 6.82. The van der Waals surface area contributed by atoms with Crippen LogP contribution in [0.1, 0.15) is 45.7 Å². The van der Waals surface area contributed by atoms with E-state index in [1.807, 2.05) is 26.0 Å². The van der Waals surface area contributed by atoms with Gasteiger partial charge in [0.05, 0.1) is 11.2 Å². The van der Waals surface area contributed by atoms with Crippen LogP contribution < -0.4 is 4.18 Å². The van der Waals surface area contributed by atoms with E-state index in [0.717, 1.165) is 11.8 Å². The van der Waals surface area contributed by atoms with E-state index in [1.54, 1.807) is 30.3 Å². The fourth-order valence-corrected chi connectivity index (χ4v) is 5.05. The molecule has 0 atom stereocenters. The second kappa shape index (κ2) is 9.08. The molecule has 0 unspecified atom stereocenters. The van der Waals surface area contributed by atoms with Crippen LogP contribution in [0.25, 0.3) is 0 Å². The van der Waals surface area contributed by atoms with Gasteiger partial charge in [0.15, 0.2) is 0 Å². The summed E-state index contributed by atoms with van der Waals surface area (Å²) in [5.41, 5.74) is 1.63. The van der Waals surface area contributed by atoms with Gasteiger partial charge in [0.25, 0.3) is 0 Å². The highest BCUT2D eigenvalue weighted by Crippen LogP contribution is 2.26. The quantitative estimate of drug-likeness (QED) is 0.561. The molecule has 0 radical (unpaired) electrons. The normalized spacial score (nSPS) is 13.1. The summed E-state index contributed by atoms with van der Waals surface area (Å²) in [5.74, 6) is 0.274. The molecular formula is C22H31NO5S2. The molecule has 0 aliphatic rings. The lowest BCUT2D eigenvalue weighted by Crippen LogP contribution is -2.33. The van der Waals surface area contributed by atoms with Gasteiger partial charge < -0.3 is 4.18 Å². The summed E-state index contributed by atoms with van der Waals surface area (Å²) in [6.07, 6.45) is 0.969. The van der Waals surface area contributed by atoms with Crippen LogP contribution in [-0.4, -0.2) is 33.9 Å². The van der Waals surface area contributed by atoms with Gasteiger partial charge in [-0.3, -0.25) is 0 Å². The van der Waals surface area contributed by atoms with Gasteiger partial charge in [-0.15, -0.1) is 0 Å². The summed E-state index contributed by atoms with van der Waals surface area (Å²) >= 11 is 0. The van der Waals surface area contributed by atoms with Crippen molar-refractivity contribution in [2.24, 2.45) is 5.92 Å². The second-order valence-corrected chi connectivity index (χ2v) is 12.4. The van der Waals surface area contributed by atoms with Gasteiger partial charge >= 0.3 is 10.1 Å². The average molecular weight is 454 g/mol. The maximum atomic E-state index is 13.3. The number of hydrogen-bond donors (Lipinski definition) is 0. The Labute approximate surface area is 181 Å². The number of rotatable bonds is 8. The summed E-state index contributed by atoms with van der Waals surface area (Å²) in [6, 6.07) is 13.5. The Kier molecular flexibility index (Phi) is 7.37. The van der Waals surface area contributed by atoms with Crippen LogP contribution in [0.15, 0.2) is 53.4 Å². The highest BCUT2D eigenvalue weighted by molar-refractivity contribution is 7.89. The average Bonchev–Trinajstić information content (AvgIpc) is 2.59. The van der Waals surface area contributed by atoms with E-state index in [1.165, 1.54) is 10.4 Å². The Bertz CT molecular complexity index is 1070. The van der Waals surface area contributed by atoms with E-state index in [2.05, 4.69) is 20.8 Å². The van der Waals surface area contributed by atoms with Crippen molar-refractivity contribution in [2.75, 3.05) is 12.8 Å². The van der Waals surface area contributed by atoms with Gasteiger partial charge in [-0.05, 0) is 46.7 Å². The molecule has 6 nitrogen and oxygen atoms in total. The van der Waals surface area contributed by atoms with E-state index in [4.69, 9.17) is 4.18 Å². The van der Waals surface area contributed by atoms with Crippen LogP contribution in [0.2, 0.25) is 0 Å². The highest BCUT2D eigenvalue weighted by atomic mass is 32.2. The number of sulfonamides is 1. The van der Waals surface area contributed by atoms with Gasteiger partial charge in [0, 0.05) is 13.1 Å². The predicted octanol–water partition coefficient (Wildman–Crippen LogP) is 4.17. The predicted molar refractivity (Wildman–Crippen MR) is 119 cm³/mol. The van der Waals surface area contributed by atoms with Crippen LogP contribution in [-0.2, 0) is 32.1 Å². The van der Waals surface area contributed by atoms with Gasteiger partial charge in [-0.25, -0.2) is 8.42 Å². The second-order valence-electron chi connectivity index (χ2n) is 8.90. The fraction of sp³-hybridized carbons (Fsp3) is 0.455. The Hall–Kier alpha value is -1.90. The minimum absolute atomic E-state index is 0.0695. The Morgan fingerprint density at radius 2 is 1.57 bits per heavy atom. The Morgan fingerprint density at radius 3 is 2.07 bits per heavy atom. The molecule has 0 bridgehead atoms. The molecule has 0 amide bonds. The third-order valence-corrected chi connectivity index (χ3v) is 6.75. The Morgan fingerprint density at radius 1 is 0.967 bits per heavy atom. The molecule has 2 aromatic rings. The van der Waals surface area contributed by atoms with E-state index < -0.39 is 20.1 Å². The van der Waals surface area contributed by atoms with Crippen molar-refractivity contribution in [1.82, 2.24) is 4.31 Å². The molecule has 0 heterocycles. The Balaban J connectivity index is 2.36. The first-order chi connectivity index (χ1) is 13.7. The molecule has 0 N–H and O–H groups in total. The van der Waals surface area contributed by atoms with E-state index in [9.17, 15) is 16.8 Å². The molecule has 0 fully saturated rings. The molecular weight excluding hydrogens is 422 g/mol. The lowest BCUT2D eigenvalue weighted by Gasteiger charge is -2.25. The third-order valence-electron chi connectivity index (χ3n) is 4.43. The summed E-state index contributed by atoms with van der Waals surface area (Å²) in [5, 5.41) is 0. The summed E-state index contributed by atoms with van der Waals surface area (Å²) in [4.78, 5) is 0.236. The first-order valence-electron chi connectivity index (χ1n) is 9.77. The van der Waals surface area contributed by atoms with E-state index in [0.29, 0.717) is 12.1 Å². The molecule has 0 aromatic heterocycles. The lowest BCUT2D eigenvalue weighted by molar-refractivity contribution is 0.361. The summed E-state index contributed by atoms with van der Waals surface area (Å²) in [6.45, 7) is 10.6. The maximum Gasteiger partial charge on any atom is 0.306 e. The standard InChI is InChI=1S/C22H31NO5S2/c1-17(2)15-23(16-18-8-7-9-20(14-18)28-29(6,24)25)30(26,27)21-12-10-19(11-13-21)22(3,4)5/h7-14,17H,15-16H2,1-6H3. The van der Waals surface area contributed by atoms with Crippen LogP contribution in [0.4, 0.5) is 0 Å². The number of nitrogens with zero attached hydrogens (tertiary/aromatic N) is 1. The van der Waals surface area contributed by atoms with Crippen molar-refractivity contribution in [1.29, 1.82) is 0 Å². The molecule has 2 rings (SSSR count). The first-order valence-corrected chi connectivity index (χ1v) is 13.0. The molecule has 0 saturated carbocycles. The number of benzene rings is 2. The zero-order chi connectivity index (χ0) is 22.7. The van der Waals surface area contributed by atoms with E-state index >= 15 is 0 Å². The van der Waals surface area contributed by atoms with Crippen molar-refractivity contribution in [3.8, 4) is 5.75 Å². The topological polar surface area (TPSA) is 80.8 Å². The zero-order valence-corrected chi connectivity index (χ0v) is 20.0. The zero-order valence-electron chi connectivity index (χ0n) is 18.4. The smallest absolute Gasteiger partial charge is 0.306 e. The van der Waals surface area contributed by atoms with Gasteiger partial charge in [-0.2, -0.15) is 12.7 Å². The molecule has 2 aromatic carbocycles. The SMILES string of the molecule is CC(C)CN(Cc1cccc(OS(C)(=O)=O)c1)S(=O)(=O)c1ccc(C(C)(C)C)cc1. The molecule has 166 valence electrons. The van der Waals surface area contributed by atoms with Crippen LogP contribution in [0.3, 0.4) is 0 Å². The molecule has 0 aliphatic heterocycles. The van der Waals surface area contributed by atoms with Gasteiger partial charge in [0.2, 0.25) is 10.0 Å². The molecule has 0 saturated heterocycles. The fourth-order valence-electron chi connectivity index (χ4n) is 3.01. The molecule has 30 heavy (non-hydrogen) atoms. The van der Waals surface area contributed by atoms with Crippen molar-refractivity contribution in [3.63, 3.8) is 0 Å². The van der Waals surface area contributed by atoms with E-state index in [-0.39, 0.29) is 28.5 Å². The lowest BCUT2D eigenvalue weighted by atomic mass is 9.87. The van der Waals surface area contributed by atoms with Crippen molar-refractivity contribution >= 4 is 20.1 Å². The van der Waals surface area contributed by atoms with Gasteiger partial charge in [0.1, 0.15) is 5.75 Å². The molecule has 0 aliphatic carbocycles. The molecule has 8 heteroatoms.